The molecule has 0 aliphatic carbocycles. The standard InChI is InChI=1S/C28H31Cl2N3O7S/c1-18(28(35)31-2)32(16-19-6-8-20(29)9-7-19)27(34)17-33(23-14-21(30)10-12-24(23)38-3)41(36,37)22-11-13-25(39-4)26(15-22)40-5/h6-15,18H,16-17H2,1-5H3,(H,31,35)/t18-/m0/s1. The molecule has 0 bridgehead atoms. The quantitative estimate of drug-likeness (QED) is 0.318. The second-order valence-corrected chi connectivity index (χ2v) is 11.5. The molecule has 0 aliphatic rings. The Bertz CT molecular complexity index is 1500. The fraction of sp³-hybridized carbons (Fsp3) is 0.286. The van der Waals surface area contributed by atoms with E-state index in [1.165, 1.54) is 69.7 Å². The Kier molecular flexibility index (Phi) is 10.7. The number of nitrogens with one attached hydrogen (secondary N) is 1. The van der Waals surface area contributed by atoms with Gasteiger partial charge in [-0.25, -0.2) is 8.42 Å². The van der Waals surface area contributed by atoms with E-state index < -0.39 is 34.4 Å². The van der Waals surface area contributed by atoms with E-state index in [0.717, 1.165) is 4.31 Å². The SMILES string of the molecule is CNC(=O)[C@H](C)N(Cc1ccc(Cl)cc1)C(=O)CN(c1cc(Cl)ccc1OC)S(=O)(=O)c1ccc(OC)c(OC)c1. The summed E-state index contributed by atoms with van der Waals surface area (Å²) in [6.45, 7) is 0.892. The van der Waals surface area contributed by atoms with Crippen molar-refractivity contribution in [2.24, 2.45) is 0 Å². The number of hydrogen-bond donors (Lipinski definition) is 1. The van der Waals surface area contributed by atoms with Crippen molar-refractivity contribution >= 4 is 50.7 Å². The number of likely N-dealkylation sites (N-methyl/N-ethyl adjacent to an activating group) is 1. The monoisotopic (exact) mass is 623 g/mol. The first kappa shape index (κ1) is 31.9. The number of anilines is 1. The normalized spacial score (nSPS) is 11.8. The minimum atomic E-state index is -4.43. The van der Waals surface area contributed by atoms with Crippen LogP contribution >= 0.6 is 23.2 Å². The minimum Gasteiger partial charge on any atom is -0.495 e. The molecule has 13 heteroatoms. The van der Waals surface area contributed by atoms with Crippen LogP contribution in [0, 0.1) is 0 Å². The maximum atomic E-state index is 14.2. The number of rotatable bonds is 12. The van der Waals surface area contributed by atoms with Gasteiger partial charge in [-0.15, -0.1) is 0 Å². The topological polar surface area (TPSA) is 114 Å². The predicted octanol–water partition coefficient (Wildman–Crippen LogP) is 4.38. The van der Waals surface area contributed by atoms with Gasteiger partial charge in [0.15, 0.2) is 11.5 Å². The molecule has 0 saturated heterocycles. The van der Waals surface area contributed by atoms with Gasteiger partial charge in [0.05, 0.1) is 31.9 Å². The molecule has 0 saturated carbocycles. The number of carbonyl (C=O) groups excluding carboxylic acids is 2. The molecular formula is C28H31Cl2N3O7S. The van der Waals surface area contributed by atoms with Gasteiger partial charge in [0.2, 0.25) is 11.8 Å². The summed E-state index contributed by atoms with van der Waals surface area (Å²) >= 11 is 12.3. The molecule has 2 amide bonds. The van der Waals surface area contributed by atoms with Crippen LogP contribution in [-0.4, -0.2) is 66.1 Å². The zero-order valence-electron chi connectivity index (χ0n) is 23.2. The first-order chi connectivity index (χ1) is 19.5. The highest BCUT2D eigenvalue weighted by Crippen LogP contribution is 2.37. The van der Waals surface area contributed by atoms with Crippen molar-refractivity contribution < 1.29 is 32.2 Å². The number of carbonyl (C=O) groups is 2. The van der Waals surface area contributed by atoms with Crippen molar-refractivity contribution in [2.75, 3.05) is 39.2 Å². The van der Waals surface area contributed by atoms with Crippen molar-refractivity contribution in [3.8, 4) is 17.2 Å². The molecule has 1 atom stereocenters. The first-order valence-electron chi connectivity index (χ1n) is 12.3. The Hall–Kier alpha value is -3.67. The van der Waals surface area contributed by atoms with E-state index in [1.807, 2.05) is 0 Å². The van der Waals surface area contributed by atoms with Crippen LogP contribution in [0.1, 0.15) is 12.5 Å². The van der Waals surface area contributed by atoms with Crippen molar-refractivity contribution in [1.29, 1.82) is 0 Å². The van der Waals surface area contributed by atoms with Gasteiger partial charge in [-0.1, -0.05) is 35.3 Å². The third-order valence-corrected chi connectivity index (χ3v) is 8.55. The summed E-state index contributed by atoms with van der Waals surface area (Å²) in [5.74, 6) is -0.419. The fourth-order valence-corrected chi connectivity index (χ4v) is 5.78. The molecule has 0 spiro atoms. The Morgan fingerprint density at radius 3 is 2.02 bits per heavy atom. The third kappa shape index (κ3) is 7.35. The van der Waals surface area contributed by atoms with E-state index in [1.54, 1.807) is 31.2 Å². The zero-order chi connectivity index (χ0) is 30.3. The van der Waals surface area contributed by atoms with Crippen LogP contribution < -0.4 is 23.8 Å². The van der Waals surface area contributed by atoms with Crippen LogP contribution in [0.3, 0.4) is 0 Å². The first-order valence-corrected chi connectivity index (χ1v) is 14.5. The molecule has 3 aromatic carbocycles. The van der Waals surface area contributed by atoms with Crippen LogP contribution in [0.15, 0.2) is 65.6 Å². The van der Waals surface area contributed by atoms with Crippen LogP contribution in [0.5, 0.6) is 17.2 Å². The van der Waals surface area contributed by atoms with E-state index in [-0.39, 0.29) is 33.6 Å². The van der Waals surface area contributed by atoms with Gasteiger partial charge in [-0.3, -0.25) is 13.9 Å². The molecule has 0 heterocycles. The molecule has 0 aliphatic heterocycles. The smallest absolute Gasteiger partial charge is 0.265 e. The molecular weight excluding hydrogens is 593 g/mol. The van der Waals surface area contributed by atoms with E-state index in [4.69, 9.17) is 37.4 Å². The maximum Gasteiger partial charge on any atom is 0.265 e. The fourth-order valence-electron chi connectivity index (χ4n) is 4.05. The van der Waals surface area contributed by atoms with Crippen molar-refractivity contribution in [3.05, 3.63) is 76.3 Å². The lowest BCUT2D eigenvalue weighted by Gasteiger charge is -2.32. The van der Waals surface area contributed by atoms with E-state index in [9.17, 15) is 18.0 Å². The Morgan fingerprint density at radius 1 is 0.854 bits per heavy atom. The lowest BCUT2D eigenvalue weighted by Crippen LogP contribution is -2.50. The molecule has 41 heavy (non-hydrogen) atoms. The summed E-state index contributed by atoms with van der Waals surface area (Å²) in [7, 11) is 1.20. The van der Waals surface area contributed by atoms with Crippen molar-refractivity contribution in [3.63, 3.8) is 0 Å². The highest BCUT2D eigenvalue weighted by molar-refractivity contribution is 7.92. The number of amides is 2. The van der Waals surface area contributed by atoms with Gasteiger partial charge in [0, 0.05) is 29.7 Å². The number of nitrogens with zero attached hydrogens (tertiary/aromatic N) is 2. The molecule has 3 rings (SSSR count). The Balaban J connectivity index is 2.14. The number of ether oxygens (including phenoxy) is 3. The van der Waals surface area contributed by atoms with Crippen molar-refractivity contribution in [1.82, 2.24) is 10.2 Å². The second-order valence-electron chi connectivity index (χ2n) is 8.78. The zero-order valence-corrected chi connectivity index (χ0v) is 25.5. The molecule has 0 fully saturated rings. The summed E-state index contributed by atoms with van der Waals surface area (Å²) in [6.07, 6.45) is 0. The van der Waals surface area contributed by atoms with Gasteiger partial charge in [0.25, 0.3) is 10.0 Å². The van der Waals surface area contributed by atoms with E-state index in [2.05, 4.69) is 5.32 Å². The summed E-state index contributed by atoms with van der Waals surface area (Å²) < 4.78 is 45.2. The summed E-state index contributed by atoms with van der Waals surface area (Å²) in [6, 6.07) is 14.3. The number of sulfonamides is 1. The van der Waals surface area contributed by atoms with Crippen LogP contribution in [0.2, 0.25) is 10.0 Å². The van der Waals surface area contributed by atoms with E-state index in [0.29, 0.717) is 16.3 Å². The third-order valence-electron chi connectivity index (χ3n) is 6.31. The lowest BCUT2D eigenvalue weighted by molar-refractivity contribution is -0.139. The molecule has 0 aromatic heterocycles. The van der Waals surface area contributed by atoms with Gasteiger partial charge in [-0.2, -0.15) is 0 Å². The summed E-state index contributed by atoms with van der Waals surface area (Å²) in [5.41, 5.74) is 0.718. The summed E-state index contributed by atoms with van der Waals surface area (Å²) in [4.78, 5) is 27.7. The maximum absolute atomic E-state index is 14.2. The molecule has 3 aromatic rings. The number of halogens is 2. The Labute approximate surface area is 249 Å². The van der Waals surface area contributed by atoms with Gasteiger partial charge < -0.3 is 24.4 Å². The van der Waals surface area contributed by atoms with Crippen LogP contribution in [0.4, 0.5) is 5.69 Å². The number of methoxy groups -OCH3 is 3. The molecule has 1 N–H and O–H groups in total. The highest BCUT2D eigenvalue weighted by atomic mass is 35.5. The van der Waals surface area contributed by atoms with Crippen LogP contribution in [0.25, 0.3) is 0 Å². The molecule has 0 radical (unpaired) electrons. The van der Waals surface area contributed by atoms with Gasteiger partial charge in [0.1, 0.15) is 18.3 Å². The molecule has 10 nitrogen and oxygen atoms in total. The molecule has 0 unspecified atom stereocenters. The van der Waals surface area contributed by atoms with Gasteiger partial charge in [-0.05, 0) is 55.0 Å². The minimum absolute atomic E-state index is 0.0154. The average molecular weight is 625 g/mol. The Morgan fingerprint density at radius 2 is 1.44 bits per heavy atom. The second kappa shape index (κ2) is 13.8. The van der Waals surface area contributed by atoms with Gasteiger partial charge >= 0.3 is 0 Å². The molecule has 220 valence electrons. The average Bonchev–Trinajstić information content (AvgIpc) is 2.98. The largest absolute Gasteiger partial charge is 0.495 e. The van der Waals surface area contributed by atoms with E-state index >= 15 is 0 Å². The lowest BCUT2D eigenvalue weighted by atomic mass is 10.1. The van der Waals surface area contributed by atoms with Crippen molar-refractivity contribution in [2.45, 2.75) is 24.4 Å². The number of hydrogen-bond acceptors (Lipinski definition) is 7. The highest BCUT2D eigenvalue weighted by Gasteiger charge is 2.34. The predicted molar refractivity (Wildman–Crippen MR) is 158 cm³/mol. The number of benzene rings is 3. The van der Waals surface area contributed by atoms with Crippen LogP contribution in [-0.2, 0) is 26.2 Å². The summed E-state index contributed by atoms with van der Waals surface area (Å²) in [5, 5.41) is 3.26.